The van der Waals surface area contributed by atoms with Crippen molar-refractivity contribution < 1.29 is 14.4 Å². The Hall–Kier alpha value is -4.43. The van der Waals surface area contributed by atoms with Crippen LogP contribution in [0.1, 0.15) is 58.5 Å². The summed E-state index contributed by atoms with van der Waals surface area (Å²) in [5.41, 5.74) is 11.0. The summed E-state index contributed by atoms with van der Waals surface area (Å²) in [6.45, 7) is 5.50. The molecule has 7 nitrogen and oxygen atoms in total. The molecule has 3 amide bonds. The second kappa shape index (κ2) is 11.1. The van der Waals surface area contributed by atoms with Gasteiger partial charge in [0.15, 0.2) is 0 Å². The molecule has 0 unspecified atom stereocenters. The summed E-state index contributed by atoms with van der Waals surface area (Å²) >= 11 is 1.63. The highest BCUT2D eigenvalue weighted by molar-refractivity contribution is 7.13. The molecule has 4 aromatic rings. The molecule has 2 aliphatic rings. The van der Waals surface area contributed by atoms with Crippen molar-refractivity contribution in [2.24, 2.45) is 5.92 Å². The fraction of sp³-hybridized carbons (Fsp3) is 0.265. The lowest BCUT2D eigenvalue weighted by Gasteiger charge is -2.46. The number of nitrogens with one attached hydrogen (secondary N) is 1. The maximum atomic E-state index is 13.7. The van der Waals surface area contributed by atoms with Crippen molar-refractivity contribution >= 4 is 40.4 Å². The maximum Gasteiger partial charge on any atom is 0.255 e. The molecule has 1 aromatic heterocycles. The molecule has 6 rings (SSSR count). The highest BCUT2D eigenvalue weighted by atomic mass is 32.1. The number of carbonyl (C=O) groups is 3. The number of anilines is 2. The van der Waals surface area contributed by atoms with E-state index in [-0.39, 0.29) is 23.6 Å². The molecule has 0 atom stereocenters. The number of piperidine rings is 1. The molecule has 42 heavy (non-hydrogen) atoms. The monoisotopic (exact) mass is 578 g/mol. The molecule has 214 valence electrons. The lowest BCUT2D eigenvalue weighted by molar-refractivity contribution is -0.137. The molecular weight excluding hydrogens is 544 g/mol. The zero-order chi connectivity index (χ0) is 29.4. The Kier molecular flexibility index (Phi) is 7.33. The quantitative estimate of drug-likeness (QED) is 0.260. The first-order valence-corrected chi connectivity index (χ1v) is 15.2. The van der Waals surface area contributed by atoms with Gasteiger partial charge in [-0.3, -0.25) is 14.4 Å². The third kappa shape index (κ3) is 4.96. The van der Waals surface area contributed by atoms with Gasteiger partial charge in [0.25, 0.3) is 11.8 Å². The number of nitrogens with zero attached hydrogens (tertiary/aromatic N) is 2. The fourth-order valence-corrected chi connectivity index (χ4v) is 6.91. The number of carbonyl (C=O) groups excluding carboxylic acids is 3. The predicted octanol–water partition coefficient (Wildman–Crippen LogP) is 6.38. The molecule has 0 radical (unpaired) electrons. The average molecular weight is 579 g/mol. The zero-order valence-electron chi connectivity index (χ0n) is 23.8. The third-order valence-electron chi connectivity index (χ3n) is 8.48. The van der Waals surface area contributed by atoms with Gasteiger partial charge in [-0.05, 0) is 71.3 Å². The first kappa shape index (κ1) is 27.7. The van der Waals surface area contributed by atoms with Gasteiger partial charge in [-0.2, -0.15) is 0 Å². The Morgan fingerprint density at radius 3 is 2.40 bits per heavy atom. The van der Waals surface area contributed by atoms with Crippen LogP contribution in [0.5, 0.6) is 0 Å². The van der Waals surface area contributed by atoms with Crippen molar-refractivity contribution in [3.8, 4) is 10.4 Å². The number of hydrogen-bond donors (Lipinski definition) is 2. The Morgan fingerprint density at radius 1 is 0.976 bits per heavy atom. The van der Waals surface area contributed by atoms with Gasteiger partial charge >= 0.3 is 0 Å². The number of amides is 3. The normalized spacial score (nSPS) is 15.7. The second-order valence-corrected chi connectivity index (χ2v) is 12.3. The summed E-state index contributed by atoms with van der Waals surface area (Å²) in [5.74, 6) is -0.135. The van der Waals surface area contributed by atoms with Crippen molar-refractivity contribution in [1.82, 2.24) is 9.80 Å². The highest BCUT2D eigenvalue weighted by Gasteiger charge is 2.51. The van der Waals surface area contributed by atoms with Gasteiger partial charge < -0.3 is 20.9 Å². The molecule has 1 spiro atoms. The Morgan fingerprint density at radius 2 is 1.71 bits per heavy atom. The molecule has 3 N–H and O–H groups in total. The average Bonchev–Trinajstić information content (AvgIpc) is 3.62. The Bertz CT molecular complexity index is 1640. The molecule has 2 aliphatic heterocycles. The van der Waals surface area contributed by atoms with Crippen LogP contribution >= 0.6 is 11.3 Å². The van der Waals surface area contributed by atoms with Crippen molar-refractivity contribution in [3.63, 3.8) is 0 Å². The SMILES string of the molecule is CC(C)C(=O)N1CCC2(CC1)c1ccccc1C(=O)N2Cc1ccc(C(=O)Nc2cc(-c3cccs3)ccc2N)cc1. The van der Waals surface area contributed by atoms with Crippen LogP contribution in [0.2, 0.25) is 0 Å². The molecule has 8 heteroatoms. The van der Waals surface area contributed by atoms with Crippen molar-refractivity contribution in [1.29, 1.82) is 0 Å². The number of thiophene rings is 1. The molecule has 0 aliphatic carbocycles. The van der Waals surface area contributed by atoms with E-state index in [0.29, 0.717) is 49.4 Å². The van der Waals surface area contributed by atoms with Crippen LogP contribution in [0.15, 0.2) is 84.2 Å². The first-order chi connectivity index (χ1) is 20.3. The zero-order valence-corrected chi connectivity index (χ0v) is 24.6. The lowest BCUT2D eigenvalue weighted by atomic mass is 9.80. The van der Waals surface area contributed by atoms with Crippen LogP contribution in [0.25, 0.3) is 10.4 Å². The van der Waals surface area contributed by atoms with E-state index in [1.807, 2.05) is 83.6 Å². The van der Waals surface area contributed by atoms with Crippen molar-refractivity contribution in [2.75, 3.05) is 24.1 Å². The van der Waals surface area contributed by atoms with Crippen molar-refractivity contribution in [2.45, 2.75) is 38.8 Å². The minimum atomic E-state index is -0.456. The van der Waals surface area contributed by atoms with E-state index in [2.05, 4.69) is 11.4 Å². The van der Waals surface area contributed by atoms with E-state index in [1.54, 1.807) is 29.5 Å². The molecule has 1 saturated heterocycles. The third-order valence-corrected chi connectivity index (χ3v) is 9.40. The number of nitrogen functional groups attached to an aromatic ring is 1. The fourth-order valence-electron chi connectivity index (χ4n) is 6.18. The molecule has 0 saturated carbocycles. The van der Waals surface area contributed by atoms with Crippen LogP contribution in [-0.4, -0.2) is 40.6 Å². The summed E-state index contributed by atoms with van der Waals surface area (Å²) in [4.78, 5) is 44.5. The van der Waals surface area contributed by atoms with E-state index < -0.39 is 5.54 Å². The number of nitrogens with two attached hydrogens (primary N) is 1. The summed E-state index contributed by atoms with van der Waals surface area (Å²) in [7, 11) is 0. The van der Waals surface area contributed by atoms with Gasteiger partial charge in [0.05, 0.1) is 16.9 Å². The molecular formula is C34H34N4O3S. The summed E-state index contributed by atoms with van der Waals surface area (Å²) in [5, 5.41) is 4.96. The van der Waals surface area contributed by atoms with Gasteiger partial charge in [0.2, 0.25) is 5.91 Å². The minimum absolute atomic E-state index is 0.0113. The van der Waals surface area contributed by atoms with Gasteiger partial charge in [0.1, 0.15) is 0 Å². The van der Waals surface area contributed by atoms with E-state index >= 15 is 0 Å². The number of fused-ring (bicyclic) bond motifs is 2. The van der Waals surface area contributed by atoms with Crippen molar-refractivity contribution in [3.05, 3.63) is 106 Å². The number of likely N-dealkylation sites (tertiary alicyclic amines) is 1. The molecule has 1 fully saturated rings. The van der Waals surface area contributed by atoms with Crippen LogP contribution in [0.4, 0.5) is 11.4 Å². The van der Waals surface area contributed by atoms with Gasteiger partial charge in [-0.15, -0.1) is 11.3 Å². The number of benzene rings is 3. The maximum absolute atomic E-state index is 13.7. The van der Waals surface area contributed by atoms with Crippen LogP contribution in [-0.2, 0) is 16.9 Å². The highest BCUT2D eigenvalue weighted by Crippen LogP contribution is 2.47. The van der Waals surface area contributed by atoms with E-state index in [9.17, 15) is 14.4 Å². The summed E-state index contributed by atoms with van der Waals surface area (Å²) < 4.78 is 0. The number of rotatable bonds is 6. The lowest BCUT2D eigenvalue weighted by Crippen LogP contribution is -2.52. The van der Waals surface area contributed by atoms with E-state index in [0.717, 1.165) is 27.1 Å². The van der Waals surface area contributed by atoms with Crippen LogP contribution in [0, 0.1) is 5.92 Å². The first-order valence-electron chi connectivity index (χ1n) is 14.3. The largest absolute Gasteiger partial charge is 0.397 e. The molecule has 0 bridgehead atoms. The van der Waals surface area contributed by atoms with Gasteiger partial charge in [0, 0.05) is 41.6 Å². The van der Waals surface area contributed by atoms with Gasteiger partial charge in [-0.1, -0.05) is 56.3 Å². The summed E-state index contributed by atoms with van der Waals surface area (Å²) in [6.07, 6.45) is 1.39. The topological polar surface area (TPSA) is 95.7 Å². The molecule has 3 aromatic carbocycles. The van der Waals surface area contributed by atoms with Gasteiger partial charge in [-0.25, -0.2) is 0 Å². The van der Waals surface area contributed by atoms with Crippen LogP contribution < -0.4 is 11.1 Å². The second-order valence-electron chi connectivity index (χ2n) is 11.4. The molecule has 3 heterocycles. The summed E-state index contributed by atoms with van der Waals surface area (Å²) in [6, 6.07) is 24.9. The van der Waals surface area contributed by atoms with Crippen LogP contribution in [0.3, 0.4) is 0 Å². The minimum Gasteiger partial charge on any atom is -0.397 e. The smallest absolute Gasteiger partial charge is 0.255 e. The standard InChI is InChI=1S/C34H34N4O3S/c1-22(2)32(40)37-17-15-34(16-18-37)27-7-4-3-6-26(27)33(41)38(34)21-23-9-11-24(12-10-23)31(39)36-29-20-25(13-14-28(29)35)30-8-5-19-42-30/h3-14,19-20,22H,15-18,21,35H2,1-2H3,(H,36,39). The van der Waals surface area contributed by atoms with E-state index in [4.69, 9.17) is 5.73 Å². The Balaban J connectivity index is 1.20. The number of hydrogen-bond acceptors (Lipinski definition) is 5. The van der Waals surface area contributed by atoms with E-state index in [1.165, 1.54) is 0 Å². The predicted molar refractivity (Wildman–Crippen MR) is 167 cm³/mol. The Labute approximate surface area is 250 Å².